The predicted octanol–water partition coefficient (Wildman–Crippen LogP) is 1.64. The maximum absolute atomic E-state index is 12.8. The first-order valence-electron chi connectivity index (χ1n) is 8.91. The molecule has 0 radical (unpaired) electrons. The zero-order valence-electron chi connectivity index (χ0n) is 15.1. The number of amides is 1. The zero-order valence-corrected chi connectivity index (χ0v) is 15.1. The van der Waals surface area contributed by atoms with Gasteiger partial charge in [0.15, 0.2) is 5.82 Å². The van der Waals surface area contributed by atoms with Crippen LogP contribution in [0.2, 0.25) is 0 Å². The minimum Gasteiger partial charge on any atom is -0.342 e. The van der Waals surface area contributed by atoms with E-state index in [9.17, 15) is 4.79 Å². The summed E-state index contributed by atoms with van der Waals surface area (Å²) in [5.41, 5.74) is 1.33. The van der Waals surface area contributed by atoms with Gasteiger partial charge in [0, 0.05) is 37.9 Å². The van der Waals surface area contributed by atoms with E-state index in [4.69, 9.17) is 0 Å². The van der Waals surface area contributed by atoms with Gasteiger partial charge in [0.25, 0.3) is 5.91 Å². The average molecular weight is 342 g/mol. The van der Waals surface area contributed by atoms with Gasteiger partial charge >= 0.3 is 0 Å². The molecule has 1 unspecified atom stereocenters. The number of carbonyl (C=O) groups is 1. The Morgan fingerprint density at radius 2 is 2.20 bits per heavy atom. The number of aromatic nitrogens is 4. The lowest BCUT2D eigenvalue weighted by atomic mass is 10.0. The van der Waals surface area contributed by atoms with Gasteiger partial charge in [0.05, 0.1) is 11.6 Å². The van der Waals surface area contributed by atoms with Crippen LogP contribution >= 0.6 is 0 Å². The summed E-state index contributed by atoms with van der Waals surface area (Å²) in [5, 5.41) is 15.3. The van der Waals surface area contributed by atoms with Crippen molar-refractivity contribution < 1.29 is 4.79 Å². The fourth-order valence-electron chi connectivity index (χ4n) is 3.21. The number of nitrogens with zero attached hydrogens (tertiary/aromatic N) is 4. The molecule has 0 bridgehead atoms. The van der Waals surface area contributed by atoms with Crippen LogP contribution < -0.4 is 10.6 Å². The van der Waals surface area contributed by atoms with E-state index in [2.05, 4.69) is 44.2 Å². The summed E-state index contributed by atoms with van der Waals surface area (Å²) in [6.45, 7) is 8.77. The van der Waals surface area contributed by atoms with Crippen molar-refractivity contribution >= 4 is 5.91 Å². The Balaban J connectivity index is 1.87. The number of aryl methyl sites for hydroxylation is 1. The molecular formula is C18H26N6O. The Labute approximate surface area is 148 Å². The van der Waals surface area contributed by atoms with Crippen LogP contribution in [0.25, 0.3) is 0 Å². The number of fused-ring (bicyclic) bond motifs is 1. The van der Waals surface area contributed by atoms with E-state index in [1.807, 2.05) is 6.92 Å². The molecule has 2 N–H and O–H groups in total. The summed E-state index contributed by atoms with van der Waals surface area (Å²) in [6.07, 6.45) is 3.37. The van der Waals surface area contributed by atoms with Crippen molar-refractivity contribution in [2.24, 2.45) is 5.92 Å². The summed E-state index contributed by atoms with van der Waals surface area (Å²) >= 11 is 0. The number of pyridine rings is 1. The highest BCUT2D eigenvalue weighted by Gasteiger charge is 2.25. The largest absolute Gasteiger partial charge is 0.342 e. The van der Waals surface area contributed by atoms with Crippen molar-refractivity contribution in [3.05, 3.63) is 41.2 Å². The van der Waals surface area contributed by atoms with Gasteiger partial charge < -0.3 is 15.2 Å². The van der Waals surface area contributed by atoms with Crippen LogP contribution in [0, 0.1) is 12.8 Å². The molecule has 7 nitrogen and oxygen atoms in total. The monoisotopic (exact) mass is 342 g/mol. The Morgan fingerprint density at radius 3 is 2.96 bits per heavy atom. The molecular weight excluding hydrogens is 316 g/mol. The van der Waals surface area contributed by atoms with Crippen molar-refractivity contribution in [3.8, 4) is 0 Å². The minimum atomic E-state index is -0.161. The summed E-state index contributed by atoms with van der Waals surface area (Å²) in [5.74, 6) is 2.15. The zero-order chi connectivity index (χ0) is 17.8. The van der Waals surface area contributed by atoms with Crippen LogP contribution in [-0.2, 0) is 13.0 Å². The molecule has 0 aliphatic carbocycles. The minimum absolute atomic E-state index is 0.111. The van der Waals surface area contributed by atoms with Gasteiger partial charge in [0.1, 0.15) is 5.82 Å². The third-order valence-electron chi connectivity index (χ3n) is 4.47. The molecule has 7 heteroatoms. The van der Waals surface area contributed by atoms with Crippen LogP contribution in [0.4, 0.5) is 0 Å². The Morgan fingerprint density at radius 1 is 1.36 bits per heavy atom. The predicted molar refractivity (Wildman–Crippen MR) is 95.2 cm³/mol. The molecule has 3 heterocycles. The number of rotatable bonds is 5. The SMILES string of the molecule is Cc1ncccc1C(=O)NC(CC(C)C)c1nnc2n1CCNCC2. The number of hydrogen-bond donors (Lipinski definition) is 2. The maximum atomic E-state index is 12.8. The fourth-order valence-corrected chi connectivity index (χ4v) is 3.21. The molecule has 3 rings (SSSR count). The molecule has 1 aliphatic heterocycles. The third-order valence-corrected chi connectivity index (χ3v) is 4.47. The molecule has 0 saturated heterocycles. The van der Waals surface area contributed by atoms with E-state index in [0.29, 0.717) is 11.5 Å². The van der Waals surface area contributed by atoms with E-state index in [1.54, 1.807) is 18.3 Å². The topological polar surface area (TPSA) is 84.7 Å². The molecule has 2 aromatic rings. The van der Waals surface area contributed by atoms with Gasteiger partial charge in [-0.2, -0.15) is 0 Å². The molecule has 134 valence electrons. The Kier molecular flexibility index (Phi) is 5.43. The summed E-state index contributed by atoms with van der Waals surface area (Å²) in [6, 6.07) is 3.43. The lowest BCUT2D eigenvalue weighted by Gasteiger charge is -2.21. The van der Waals surface area contributed by atoms with Gasteiger partial charge in [-0.15, -0.1) is 10.2 Å². The van der Waals surface area contributed by atoms with Gasteiger partial charge in [-0.25, -0.2) is 0 Å². The molecule has 1 amide bonds. The lowest BCUT2D eigenvalue weighted by Crippen LogP contribution is -2.32. The van der Waals surface area contributed by atoms with E-state index in [-0.39, 0.29) is 11.9 Å². The molecule has 0 spiro atoms. The molecule has 25 heavy (non-hydrogen) atoms. The third kappa shape index (κ3) is 4.04. The molecule has 0 aromatic carbocycles. The van der Waals surface area contributed by atoms with Crippen molar-refractivity contribution in [2.75, 3.05) is 13.1 Å². The first kappa shape index (κ1) is 17.5. The van der Waals surface area contributed by atoms with E-state index < -0.39 is 0 Å². The molecule has 0 fully saturated rings. The number of carbonyl (C=O) groups excluding carboxylic acids is 1. The van der Waals surface area contributed by atoms with Crippen LogP contribution in [0.5, 0.6) is 0 Å². The first-order chi connectivity index (χ1) is 12.1. The van der Waals surface area contributed by atoms with Crippen molar-refractivity contribution in [1.82, 2.24) is 30.4 Å². The van der Waals surface area contributed by atoms with Crippen LogP contribution in [-0.4, -0.2) is 38.7 Å². The Hall–Kier alpha value is -2.28. The number of hydrogen-bond acceptors (Lipinski definition) is 5. The molecule has 2 aromatic heterocycles. The highest BCUT2D eigenvalue weighted by atomic mass is 16.1. The number of nitrogens with one attached hydrogen (secondary N) is 2. The summed E-state index contributed by atoms with van der Waals surface area (Å²) in [7, 11) is 0. The second-order valence-corrected chi connectivity index (χ2v) is 6.92. The van der Waals surface area contributed by atoms with Crippen LogP contribution in [0.3, 0.4) is 0 Å². The van der Waals surface area contributed by atoms with Crippen molar-refractivity contribution in [2.45, 2.75) is 46.2 Å². The molecule has 1 aliphatic rings. The van der Waals surface area contributed by atoms with Gasteiger partial charge in [-0.1, -0.05) is 13.8 Å². The smallest absolute Gasteiger partial charge is 0.253 e. The van der Waals surface area contributed by atoms with Gasteiger partial charge in [-0.3, -0.25) is 9.78 Å². The first-order valence-corrected chi connectivity index (χ1v) is 8.91. The second kappa shape index (κ2) is 7.74. The highest BCUT2D eigenvalue weighted by molar-refractivity contribution is 5.95. The lowest BCUT2D eigenvalue weighted by molar-refractivity contribution is 0.0928. The quantitative estimate of drug-likeness (QED) is 0.863. The maximum Gasteiger partial charge on any atom is 0.253 e. The van der Waals surface area contributed by atoms with Crippen LogP contribution in [0.1, 0.15) is 54.0 Å². The Bertz CT molecular complexity index is 739. The summed E-state index contributed by atoms with van der Waals surface area (Å²) < 4.78 is 2.16. The highest BCUT2D eigenvalue weighted by Crippen LogP contribution is 2.22. The van der Waals surface area contributed by atoms with Gasteiger partial charge in [-0.05, 0) is 31.4 Å². The van der Waals surface area contributed by atoms with E-state index >= 15 is 0 Å². The van der Waals surface area contributed by atoms with Gasteiger partial charge in [0.2, 0.25) is 0 Å². The average Bonchev–Trinajstić information content (AvgIpc) is 2.82. The van der Waals surface area contributed by atoms with Crippen molar-refractivity contribution in [1.29, 1.82) is 0 Å². The van der Waals surface area contributed by atoms with E-state index in [1.165, 1.54) is 0 Å². The molecule has 1 atom stereocenters. The van der Waals surface area contributed by atoms with Crippen molar-refractivity contribution in [3.63, 3.8) is 0 Å². The van der Waals surface area contributed by atoms with Crippen LogP contribution in [0.15, 0.2) is 18.3 Å². The second-order valence-electron chi connectivity index (χ2n) is 6.92. The fraction of sp³-hybridized carbons (Fsp3) is 0.556. The summed E-state index contributed by atoms with van der Waals surface area (Å²) in [4.78, 5) is 17.0. The van der Waals surface area contributed by atoms with E-state index in [0.717, 1.165) is 49.8 Å². The molecule has 0 saturated carbocycles. The standard InChI is InChI=1S/C18H26N6O/c1-12(2)11-15(21-18(25)14-5-4-7-20-13(14)3)17-23-22-16-6-8-19-9-10-24(16)17/h4-5,7,12,15,19H,6,8-11H2,1-3H3,(H,21,25). The normalized spacial score (nSPS) is 15.5.